The van der Waals surface area contributed by atoms with E-state index in [0.29, 0.717) is 37.4 Å². The molecule has 1 aliphatic rings. The molecule has 1 aliphatic heterocycles. The van der Waals surface area contributed by atoms with Crippen LogP contribution in [0.2, 0.25) is 0 Å². The lowest BCUT2D eigenvalue weighted by atomic mass is 10.1. The molecular formula is C17H16F3N5OS. The largest absolute Gasteiger partial charge is 0.490 e. The number of alkyl halides is 3. The highest BCUT2D eigenvalue weighted by Crippen LogP contribution is 2.37. The van der Waals surface area contributed by atoms with Crippen LogP contribution in [0.1, 0.15) is 18.4 Å². The van der Waals surface area contributed by atoms with Crippen molar-refractivity contribution >= 4 is 32.6 Å². The first-order chi connectivity index (χ1) is 12.9. The van der Waals surface area contributed by atoms with Crippen molar-refractivity contribution < 1.29 is 17.9 Å². The van der Waals surface area contributed by atoms with Crippen molar-refractivity contribution in [2.24, 2.45) is 0 Å². The number of halogens is 3. The minimum Gasteiger partial charge on any atom is -0.490 e. The smallest absolute Gasteiger partial charge is 0.419 e. The van der Waals surface area contributed by atoms with Crippen LogP contribution in [0.15, 0.2) is 30.6 Å². The number of piperidine rings is 1. The average Bonchev–Trinajstić information content (AvgIpc) is 3.08. The number of nitrogens with two attached hydrogens (primary N) is 1. The van der Waals surface area contributed by atoms with Gasteiger partial charge in [0, 0.05) is 25.9 Å². The van der Waals surface area contributed by atoms with Gasteiger partial charge < -0.3 is 15.4 Å². The minimum absolute atomic E-state index is 0.119. The molecule has 10 heteroatoms. The lowest BCUT2D eigenvalue weighted by molar-refractivity contribution is -0.139. The zero-order valence-electron chi connectivity index (χ0n) is 14.1. The molecule has 3 heterocycles. The van der Waals surface area contributed by atoms with Crippen LogP contribution in [-0.2, 0) is 6.18 Å². The molecule has 1 fully saturated rings. The topological polar surface area (TPSA) is 77.2 Å². The highest BCUT2D eigenvalue weighted by molar-refractivity contribution is 7.22. The van der Waals surface area contributed by atoms with Crippen molar-refractivity contribution in [2.75, 3.05) is 23.7 Å². The first kappa shape index (κ1) is 17.8. The number of para-hydroxylation sites is 1. The van der Waals surface area contributed by atoms with E-state index in [0.717, 1.165) is 15.9 Å². The van der Waals surface area contributed by atoms with Gasteiger partial charge in [-0.3, -0.25) is 0 Å². The maximum absolute atomic E-state index is 13.1. The van der Waals surface area contributed by atoms with Crippen LogP contribution >= 0.6 is 11.3 Å². The van der Waals surface area contributed by atoms with Gasteiger partial charge in [-0.15, -0.1) is 0 Å². The van der Waals surface area contributed by atoms with Gasteiger partial charge in [0.05, 0.1) is 5.56 Å². The van der Waals surface area contributed by atoms with Gasteiger partial charge in [0.2, 0.25) is 0 Å². The molecule has 3 aromatic rings. The summed E-state index contributed by atoms with van der Waals surface area (Å²) in [5.74, 6) is 0.275. The molecule has 0 spiro atoms. The van der Waals surface area contributed by atoms with Crippen LogP contribution in [0.5, 0.6) is 5.75 Å². The molecule has 0 radical (unpaired) electrons. The molecule has 142 valence electrons. The van der Waals surface area contributed by atoms with E-state index >= 15 is 0 Å². The molecule has 6 nitrogen and oxygen atoms in total. The van der Waals surface area contributed by atoms with Gasteiger partial charge in [0.15, 0.2) is 10.8 Å². The van der Waals surface area contributed by atoms with E-state index in [-0.39, 0.29) is 11.9 Å². The molecule has 0 atom stereocenters. The minimum atomic E-state index is -4.43. The summed E-state index contributed by atoms with van der Waals surface area (Å²) in [5.41, 5.74) is 5.66. The SMILES string of the molecule is Nc1ncnc2nc(N3CCC(Oc4ccccc4C(F)(F)F)CC3)sc12. The number of rotatable bonds is 3. The summed E-state index contributed by atoms with van der Waals surface area (Å²) in [5, 5.41) is 0.784. The first-order valence-electron chi connectivity index (χ1n) is 8.36. The fourth-order valence-electron chi connectivity index (χ4n) is 3.04. The predicted octanol–water partition coefficient (Wildman–Crippen LogP) is 3.74. The van der Waals surface area contributed by atoms with E-state index in [1.807, 2.05) is 0 Å². The Morgan fingerprint density at radius 1 is 1.15 bits per heavy atom. The lowest BCUT2D eigenvalue weighted by Gasteiger charge is -2.32. The van der Waals surface area contributed by atoms with Crippen molar-refractivity contribution in [2.45, 2.75) is 25.1 Å². The van der Waals surface area contributed by atoms with Crippen LogP contribution in [0.25, 0.3) is 10.3 Å². The van der Waals surface area contributed by atoms with Crippen molar-refractivity contribution in [3.63, 3.8) is 0 Å². The standard InChI is InChI=1S/C17H16F3N5OS/c18-17(19,20)11-3-1-2-4-12(11)26-10-5-7-25(8-6-10)16-24-15-13(27-16)14(21)22-9-23-15/h1-4,9-10H,5-8H2,(H2,21,22,23). The van der Waals surface area contributed by atoms with Crippen LogP contribution in [0, 0.1) is 0 Å². The summed E-state index contributed by atoms with van der Waals surface area (Å²) in [7, 11) is 0. The highest BCUT2D eigenvalue weighted by atomic mass is 32.1. The Bertz CT molecular complexity index is 953. The second-order valence-corrected chi connectivity index (χ2v) is 7.18. The normalized spacial score (nSPS) is 16.0. The maximum Gasteiger partial charge on any atom is 0.419 e. The van der Waals surface area contributed by atoms with Crippen molar-refractivity contribution in [1.29, 1.82) is 0 Å². The number of hydrogen-bond donors (Lipinski definition) is 1. The number of nitrogen functional groups attached to an aromatic ring is 1. The number of benzene rings is 1. The third kappa shape index (κ3) is 3.61. The summed E-state index contributed by atoms with van der Waals surface area (Å²) < 4.78 is 45.7. The van der Waals surface area contributed by atoms with E-state index in [2.05, 4.69) is 19.9 Å². The number of fused-ring (bicyclic) bond motifs is 1. The molecule has 27 heavy (non-hydrogen) atoms. The molecule has 0 aliphatic carbocycles. The summed E-state index contributed by atoms with van der Waals surface area (Å²) >= 11 is 1.42. The summed E-state index contributed by atoms with van der Waals surface area (Å²) in [4.78, 5) is 14.6. The molecule has 0 unspecified atom stereocenters. The third-order valence-electron chi connectivity index (χ3n) is 4.41. The number of ether oxygens (including phenoxy) is 1. The Morgan fingerprint density at radius 2 is 1.89 bits per heavy atom. The predicted molar refractivity (Wildman–Crippen MR) is 96.9 cm³/mol. The second-order valence-electron chi connectivity index (χ2n) is 6.21. The van der Waals surface area contributed by atoms with Gasteiger partial charge in [-0.05, 0) is 12.1 Å². The monoisotopic (exact) mass is 395 g/mol. The van der Waals surface area contributed by atoms with Gasteiger partial charge in [-0.1, -0.05) is 23.5 Å². The molecule has 1 aromatic carbocycles. The summed E-state index contributed by atoms with van der Waals surface area (Å²) in [6, 6.07) is 5.31. The number of hydrogen-bond acceptors (Lipinski definition) is 7. The molecule has 1 saturated heterocycles. The van der Waals surface area contributed by atoms with E-state index in [1.165, 1.54) is 29.8 Å². The number of aromatic nitrogens is 3. The van der Waals surface area contributed by atoms with Crippen LogP contribution < -0.4 is 15.4 Å². The van der Waals surface area contributed by atoms with Crippen LogP contribution in [0.3, 0.4) is 0 Å². The lowest BCUT2D eigenvalue weighted by Crippen LogP contribution is -2.38. The Kier molecular flexibility index (Phi) is 4.50. The molecule has 0 amide bonds. The second kappa shape index (κ2) is 6.84. The van der Waals surface area contributed by atoms with E-state index in [9.17, 15) is 13.2 Å². The Morgan fingerprint density at radius 3 is 2.59 bits per heavy atom. The van der Waals surface area contributed by atoms with Gasteiger partial charge in [0.1, 0.15) is 28.7 Å². The maximum atomic E-state index is 13.1. The molecule has 4 rings (SSSR count). The summed E-state index contributed by atoms with van der Waals surface area (Å²) in [6.45, 7) is 1.26. The highest BCUT2D eigenvalue weighted by Gasteiger charge is 2.35. The van der Waals surface area contributed by atoms with E-state index in [1.54, 1.807) is 6.07 Å². The average molecular weight is 395 g/mol. The van der Waals surface area contributed by atoms with Gasteiger partial charge in [-0.25, -0.2) is 9.97 Å². The molecular weight excluding hydrogens is 379 g/mol. The van der Waals surface area contributed by atoms with Crippen molar-refractivity contribution in [3.05, 3.63) is 36.2 Å². The van der Waals surface area contributed by atoms with Crippen LogP contribution in [0.4, 0.5) is 24.1 Å². The fourth-order valence-corrected chi connectivity index (χ4v) is 4.02. The van der Waals surface area contributed by atoms with Crippen molar-refractivity contribution in [3.8, 4) is 5.75 Å². The number of anilines is 2. The van der Waals surface area contributed by atoms with Gasteiger partial charge >= 0.3 is 6.18 Å². The summed E-state index contributed by atoms with van der Waals surface area (Å²) in [6.07, 6.45) is -2.13. The van der Waals surface area contributed by atoms with Gasteiger partial charge in [0.25, 0.3) is 0 Å². The zero-order chi connectivity index (χ0) is 19.0. The van der Waals surface area contributed by atoms with Gasteiger partial charge in [-0.2, -0.15) is 18.2 Å². The Balaban J connectivity index is 1.44. The molecule has 0 saturated carbocycles. The number of thiazole rings is 1. The Hall–Kier alpha value is -2.62. The quantitative estimate of drug-likeness (QED) is 0.728. The van der Waals surface area contributed by atoms with E-state index < -0.39 is 11.7 Å². The van der Waals surface area contributed by atoms with Crippen molar-refractivity contribution in [1.82, 2.24) is 15.0 Å². The zero-order valence-corrected chi connectivity index (χ0v) is 14.9. The fraction of sp³-hybridized carbons (Fsp3) is 0.353. The van der Waals surface area contributed by atoms with E-state index in [4.69, 9.17) is 10.5 Å². The third-order valence-corrected chi connectivity index (χ3v) is 5.53. The molecule has 2 N–H and O–H groups in total. The first-order valence-corrected chi connectivity index (χ1v) is 9.18. The Labute approximate surface area is 156 Å². The van der Waals surface area contributed by atoms with Crippen LogP contribution in [-0.4, -0.2) is 34.1 Å². The molecule has 0 bridgehead atoms. The molecule has 2 aromatic heterocycles. The number of nitrogens with zero attached hydrogens (tertiary/aromatic N) is 4.